The molecule has 6 nitrogen and oxygen atoms in total. The van der Waals surface area contributed by atoms with Crippen LogP contribution in [-0.2, 0) is 14.8 Å². The fourth-order valence-electron chi connectivity index (χ4n) is 1.58. The molecular weight excluding hydrogens is 278 g/mol. The first-order valence-electron chi connectivity index (χ1n) is 6.26. The minimum atomic E-state index is -3.85. The average Bonchev–Trinajstić information content (AvgIpc) is 2.26. The number of benzene rings is 1. The van der Waals surface area contributed by atoms with Crippen molar-refractivity contribution in [3.05, 3.63) is 24.3 Å². The maximum atomic E-state index is 11.8. The Morgan fingerprint density at radius 3 is 2.40 bits per heavy atom. The molecule has 112 valence electrons. The van der Waals surface area contributed by atoms with Crippen molar-refractivity contribution >= 4 is 21.6 Å². The quantitative estimate of drug-likeness (QED) is 0.756. The summed E-state index contributed by atoms with van der Waals surface area (Å²) in [4.78, 5) is 11.7. The van der Waals surface area contributed by atoms with Crippen LogP contribution in [0.1, 0.15) is 27.2 Å². The zero-order chi connectivity index (χ0) is 15.4. The Kier molecular flexibility index (Phi) is 5.27. The molecule has 0 spiro atoms. The summed E-state index contributed by atoms with van der Waals surface area (Å²) >= 11 is 0. The Balaban J connectivity index is 2.68. The molecule has 0 aromatic heterocycles. The van der Waals surface area contributed by atoms with E-state index in [2.05, 4.69) is 10.6 Å². The van der Waals surface area contributed by atoms with E-state index in [1.165, 1.54) is 12.1 Å². The highest BCUT2D eigenvalue weighted by molar-refractivity contribution is 7.89. The van der Waals surface area contributed by atoms with E-state index < -0.39 is 10.0 Å². The van der Waals surface area contributed by atoms with E-state index in [1.54, 1.807) is 12.1 Å². The summed E-state index contributed by atoms with van der Waals surface area (Å²) < 4.78 is 22.8. The van der Waals surface area contributed by atoms with Crippen molar-refractivity contribution in [3.8, 4) is 0 Å². The highest BCUT2D eigenvalue weighted by Crippen LogP contribution is 2.19. The summed E-state index contributed by atoms with van der Waals surface area (Å²) in [6, 6.07) is 6.06. The van der Waals surface area contributed by atoms with Gasteiger partial charge in [0.25, 0.3) is 0 Å². The van der Waals surface area contributed by atoms with Gasteiger partial charge in [0.05, 0.1) is 5.69 Å². The number of primary sulfonamides is 1. The van der Waals surface area contributed by atoms with Crippen LogP contribution in [0.25, 0.3) is 0 Å². The van der Waals surface area contributed by atoms with Gasteiger partial charge in [-0.25, -0.2) is 13.6 Å². The number of hydrogen-bond donors (Lipinski definition) is 3. The molecule has 0 fully saturated rings. The topological polar surface area (TPSA) is 101 Å². The lowest BCUT2D eigenvalue weighted by Crippen LogP contribution is -2.37. The zero-order valence-electron chi connectivity index (χ0n) is 11.9. The van der Waals surface area contributed by atoms with E-state index in [1.807, 2.05) is 20.8 Å². The molecule has 0 saturated carbocycles. The standard InChI is InChI=1S/C13H21N3O3S/c1-13(2,3)15-9-8-12(17)16-10-6-4-5-7-11(10)20(14,18)19/h4-7,15H,8-9H2,1-3H3,(H,16,17)(H2,14,18,19). The molecule has 7 heteroatoms. The normalized spacial score (nSPS) is 12.2. The number of rotatable bonds is 5. The van der Waals surface area contributed by atoms with Gasteiger partial charge in [0, 0.05) is 18.5 Å². The summed E-state index contributed by atoms with van der Waals surface area (Å²) in [6.45, 7) is 6.51. The first-order valence-corrected chi connectivity index (χ1v) is 7.81. The molecule has 0 aliphatic heterocycles. The first-order chi connectivity index (χ1) is 9.09. The molecule has 1 amide bonds. The van der Waals surface area contributed by atoms with Crippen LogP contribution in [-0.4, -0.2) is 26.4 Å². The number of hydrogen-bond acceptors (Lipinski definition) is 4. The largest absolute Gasteiger partial charge is 0.325 e. The van der Waals surface area contributed by atoms with Crippen LogP contribution in [0.4, 0.5) is 5.69 Å². The second-order valence-electron chi connectivity index (χ2n) is 5.52. The van der Waals surface area contributed by atoms with Gasteiger partial charge in [-0.2, -0.15) is 0 Å². The van der Waals surface area contributed by atoms with Gasteiger partial charge in [-0.05, 0) is 32.9 Å². The Morgan fingerprint density at radius 1 is 1.25 bits per heavy atom. The summed E-state index contributed by atoms with van der Waals surface area (Å²) in [6.07, 6.45) is 0.246. The summed E-state index contributed by atoms with van der Waals surface area (Å²) in [5.74, 6) is -0.266. The van der Waals surface area contributed by atoms with Gasteiger partial charge >= 0.3 is 0 Å². The molecule has 4 N–H and O–H groups in total. The maximum Gasteiger partial charge on any atom is 0.240 e. The van der Waals surface area contributed by atoms with E-state index in [4.69, 9.17) is 5.14 Å². The van der Waals surface area contributed by atoms with E-state index in [0.717, 1.165) is 0 Å². The molecule has 1 aromatic rings. The summed E-state index contributed by atoms with van der Waals surface area (Å²) in [5, 5.41) is 10.8. The van der Waals surface area contributed by atoms with E-state index in [-0.39, 0.29) is 28.4 Å². The van der Waals surface area contributed by atoms with E-state index in [9.17, 15) is 13.2 Å². The van der Waals surface area contributed by atoms with Gasteiger partial charge in [-0.1, -0.05) is 12.1 Å². The number of carbonyl (C=O) groups excluding carboxylic acids is 1. The number of sulfonamides is 1. The smallest absolute Gasteiger partial charge is 0.240 e. The van der Waals surface area contributed by atoms with Crippen molar-refractivity contribution in [3.63, 3.8) is 0 Å². The second-order valence-corrected chi connectivity index (χ2v) is 7.05. The Labute approximate surface area is 119 Å². The van der Waals surface area contributed by atoms with Crippen LogP contribution in [0.2, 0.25) is 0 Å². The lowest BCUT2D eigenvalue weighted by atomic mass is 10.1. The number of amides is 1. The van der Waals surface area contributed by atoms with Crippen LogP contribution in [0.3, 0.4) is 0 Å². The van der Waals surface area contributed by atoms with Crippen molar-refractivity contribution < 1.29 is 13.2 Å². The highest BCUT2D eigenvalue weighted by Gasteiger charge is 2.15. The Hall–Kier alpha value is -1.44. The van der Waals surface area contributed by atoms with Gasteiger partial charge in [-0.15, -0.1) is 0 Å². The van der Waals surface area contributed by atoms with Crippen molar-refractivity contribution in [2.24, 2.45) is 5.14 Å². The summed E-state index contributed by atoms with van der Waals surface area (Å²) in [7, 11) is -3.85. The third-order valence-corrected chi connectivity index (χ3v) is 3.44. The van der Waals surface area contributed by atoms with Crippen molar-refractivity contribution in [2.75, 3.05) is 11.9 Å². The van der Waals surface area contributed by atoms with Crippen LogP contribution in [0, 0.1) is 0 Å². The van der Waals surface area contributed by atoms with Gasteiger partial charge < -0.3 is 10.6 Å². The number of nitrogens with two attached hydrogens (primary N) is 1. The average molecular weight is 299 g/mol. The minimum Gasteiger partial charge on any atom is -0.325 e. The molecule has 0 aliphatic rings. The molecule has 1 rings (SSSR count). The zero-order valence-corrected chi connectivity index (χ0v) is 12.8. The van der Waals surface area contributed by atoms with E-state index in [0.29, 0.717) is 6.54 Å². The number of para-hydroxylation sites is 1. The molecule has 0 aliphatic carbocycles. The first kappa shape index (κ1) is 16.6. The fourth-order valence-corrected chi connectivity index (χ4v) is 2.28. The molecule has 0 bridgehead atoms. The van der Waals surface area contributed by atoms with Gasteiger partial charge in [0.1, 0.15) is 4.90 Å². The van der Waals surface area contributed by atoms with Crippen molar-refractivity contribution in [2.45, 2.75) is 37.6 Å². The molecule has 0 atom stereocenters. The molecule has 20 heavy (non-hydrogen) atoms. The number of nitrogens with one attached hydrogen (secondary N) is 2. The van der Waals surface area contributed by atoms with Crippen LogP contribution in [0.5, 0.6) is 0 Å². The highest BCUT2D eigenvalue weighted by atomic mass is 32.2. The van der Waals surface area contributed by atoms with Crippen LogP contribution >= 0.6 is 0 Å². The monoisotopic (exact) mass is 299 g/mol. The molecule has 0 heterocycles. The van der Waals surface area contributed by atoms with Gasteiger partial charge in [0.2, 0.25) is 15.9 Å². The predicted molar refractivity (Wildman–Crippen MR) is 78.8 cm³/mol. The molecule has 1 aromatic carbocycles. The predicted octanol–water partition coefficient (Wildman–Crippen LogP) is 1.05. The third-order valence-electron chi connectivity index (χ3n) is 2.48. The molecule has 0 radical (unpaired) electrons. The van der Waals surface area contributed by atoms with Gasteiger partial charge in [-0.3, -0.25) is 4.79 Å². The Bertz CT molecular complexity index is 577. The summed E-state index contributed by atoms with van der Waals surface area (Å²) in [5.41, 5.74) is 0.134. The molecule has 0 unspecified atom stereocenters. The van der Waals surface area contributed by atoms with Crippen LogP contribution < -0.4 is 15.8 Å². The molecule has 0 saturated heterocycles. The lowest BCUT2D eigenvalue weighted by molar-refractivity contribution is -0.116. The van der Waals surface area contributed by atoms with Crippen LogP contribution in [0.15, 0.2) is 29.2 Å². The van der Waals surface area contributed by atoms with Crippen molar-refractivity contribution in [1.82, 2.24) is 5.32 Å². The maximum absolute atomic E-state index is 11.8. The second kappa shape index (κ2) is 6.34. The van der Waals surface area contributed by atoms with Crippen molar-refractivity contribution in [1.29, 1.82) is 0 Å². The molecular formula is C13H21N3O3S. The van der Waals surface area contributed by atoms with E-state index >= 15 is 0 Å². The number of carbonyl (C=O) groups is 1. The van der Waals surface area contributed by atoms with Gasteiger partial charge in [0.15, 0.2) is 0 Å². The lowest BCUT2D eigenvalue weighted by Gasteiger charge is -2.20. The minimum absolute atomic E-state index is 0.0706. The number of anilines is 1. The fraction of sp³-hybridized carbons (Fsp3) is 0.462. The third kappa shape index (κ3) is 5.68. The Morgan fingerprint density at radius 2 is 1.85 bits per heavy atom. The SMILES string of the molecule is CC(C)(C)NCCC(=O)Nc1ccccc1S(N)(=O)=O.